The minimum Gasteiger partial charge on any atom is -0.353 e. The van der Waals surface area contributed by atoms with Crippen LogP contribution in [0.2, 0.25) is 0 Å². The Labute approximate surface area is 156 Å². The lowest BCUT2D eigenvalue weighted by Gasteiger charge is -2.20. The molecular formula is C20H19N5S. The number of anilines is 1. The van der Waals surface area contributed by atoms with Gasteiger partial charge in [0, 0.05) is 24.5 Å². The molecule has 0 aliphatic rings. The van der Waals surface area contributed by atoms with Gasteiger partial charge in [-0.05, 0) is 38.1 Å². The normalized spacial score (nSPS) is 11.0. The quantitative estimate of drug-likeness (QED) is 0.539. The second kappa shape index (κ2) is 6.80. The van der Waals surface area contributed by atoms with Crippen molar-refractivity contribution in [3.05, 3.63) is 64.9 Å². The van der Waals surface area contributed by atoms with Crippen LogP contribution in [0.25, 0.3) is 21.7 Å². The maximum atomic E-state index is 4.78. The summed E-state index contributed by atoms with van der Waals surface area (Å²) in [4.78, 5) is 20.6. The predicted molar refractivity (Wildman–Crippen MR) is 106 cm³/mol. The summed E-state index contributed by atoms with van der Waals surface area (Å²) in [6, 6.07) is 14.0. The first kappa shape index (κ1) is 16.6. The first-order chi connectivity index (χ1) is 12.6. The number of hydrogen-bond donors (Lipinski definition) is 0. The van der Waals surface area contributed by atoms with Gasteiger partial charge in [0.25, 0.3) is 0 Å². The number of thiazole rings is 1. The van der Waals surface area contributed by atoms with Crippen LogP contribution in [0, 0.1) is 13.8 Å². The summed E-state index contributed by atoms with van der Waals surface area (Å²) < 4.78 is 1.21. The predicted octanol–water partition coefficient (Wildman–Crippen LogP) is 4.40. The number of hydrogen-bond acceptors (Lipinski definition) is 6. The molecule has 0 unspecified atom stereocenters. The largest absolute Gasteiger partial charge is 0.353 e. The molecule has 0 radical (unpaired) electrons. The zero-order chi connectivity index (χ0) is 18.1. The van der Waals surface area contributed by atoms with E-state index in [9.17, 15) is 0 Å². The Bertz CT molecular complexity index is 1030. The van der Waals surface area contributed by atoms with Crippen molar-refractivity contribution in [3.8, 4) is 11.5 Å². The van der Waals surface area contributed by atoms with E-state index in [2.05, 4.69) is 33.9 Å². The van der Waals surface area contributed by atoms with Crippen LogP contribution >= 0.6 is 11.3 Å². The van der Waals surface area contributed by atoms with Crippen LogP contribution in [0.5, 0.6) is 0 Å². The third-order valence-corrected chi connectivity index (χ3v) is 5.35. The fourth-order valence-corrected chi connectivity index (χ4v) is 3.88. The molecule has 0 bridgehead atoms. The van der Waals surface area contributed by atoms with Gasteiger partial charge in [-0.1, -0.05) is 18.2 Å². The van der Waals surface area contributed by atoms with Gasteiger partial charge >= 0.3 is 0 Å². The van der Waals surface area contributed by atoms with Gasteiger partial charge in [-0.15, -0.1) is 11.3 Å². The van der Waals surface area contributed by atoms with Gasteiger partial charge in [0.05, 0.1) is 16.8 Å². The van der Waals surface area contributed by atoms with E-state index in [1.54, 1.807) is 17.5 Å². The van der Waals surface area contributed by atoms with Crippen LogP contribution in [0.4, 0.5) is 5.82 Å². The lowest BCUT2D eigenvalue weighted by atomic mass is 10.2. The van der Waals surface area contributed by atoms with Crippen molar-refractivity contribution in [3.63, 3.8) is 0 Å². The van der Waals surface area contributed by atoms with Gasteiger partial charge < -0.3 is 4.90 Å². The third-order valence-electron chi connectivity index (χ3n) is 4.33. The van der Waals surface area contributed by atoms with Gasteiger partial charge in [0.1, 0.15) is 16.5 Å². The van der Waals surface area contributed by atoms with E-state index in [0.717, 1.165) is 33.3 Å². The smallest absolute Gasteiger partial charge is 0.180 e. The Morgan fingerprint density at radius 3 is 2.54 bits per heavy atom. The Morgan fingerprint density at radius 2 is 1.77 bits per heavy atom. The molecule has 6 heteroatoms. The third kappa shape index (κ3) is 3.15. The second-order valence-electron chi connectivity index (χ2n) is 6.23. The molecule has 0 spiro atoms. The number of aryl methyl sites for hydroxylation is 1. The van der Waals surface area contributed by atoms with Crippen LogP contribution in [0.1, 0.15) is 16.3 Å². The van der Waals surface area contributed by atoms with Gasteiger partial charge in [0.15, 0.2) is 5.82 Å². The number of fused-ring (bicyclic) bond motifs is 1. The lowest BCUT2D eigenvalue weighted by molar-refractivity contribution is 0.871. The van der Waals surface area contributed by atoms with E-state index in [1.165, 1.54) is 4.70 Å². The van der Waals surface area contributed by atoms with Crippen molar-refractivity contribution in [1.82, 2.24) is 19.9 Å². The SMILES string of the molecule is Cc1nc(-c2ccccn2)nc(N(C)Cc2nc3ccccc3s2)c1C. The summed E-state index contributed by atoms with van der Waals surface area (Å²) in [7, 11) is 2.04. The molecule has 0 amide bonds. The molecule has 0 saturated heterocycles. The van der Waals surface area contributed by atoms with E-state index in [-0.39, 0.29) is 0 Å². The zero-order valence-electron chi connectivity index (χ0n) is 15.0. The van der Waals surface area contributed by atoms with Gasteiger partial charge in [0.2, 0.25) is 0 Å². The summed E-state index contributed by atoms with van der Waals surface area (Å²) in [5.74, 6) is 1.57. The van der Waals surface area contributed by atoms with E-state index in [0.29, 0.717) is 12.4 Å². The summed E-state index contributed by atoms with van der Waals surface area (Å²) in [5, 5.41) is 1.07. The minimum atomic E-state index is 0.653. The molecule has 0 N–H and O–H groups in total. The molecule has 0 atom stereocenters. The first-order valence-electron chi connectivity index (χ1n) is 8.44. The van der Waals surface area contributed by atoms with Crippen LogP contribution in [-0.4, -0.2) is 27.0 Å². The maximum absolute atomic E-state index is 4.78. The minimum absolute atomic E-state index is 0.653. The van der Waals surface area contributed by atoms with Gasteiger partial charge in [-0.3, -0.25) is 4.98 Å². The first-order valence-corrected chi connectivity index (χ1v) is 9.25. The summed E-state index contributed by atoms with van der Waals surface area (Å²) in [6.07, 6.45) is 1.76. The molecule has 0 saturated carbocycles. The Balaban J connectivity index is 1.68. The van der Waals surface area contributed by atoms with Crippen molar-refractivity contribution in [2.45, 2.75) is 20.4 Å². The van der Waals surface area contributed by atoms with Gasteiger partial charge in [-0.25, -0.2) is 15.0 Å². The van der Waals surface area contributed by atoms with E-state index < -0.39 is 0 Å². The van der Waals surface area contributed by atoms with Gasteiger partial charge in [-0.2, -0.15) is 0 Å². The maximum Gasteiger partial charge on any atom is 0.180 e. The summed E-state index contributed by atoms with van der Waals surface area (Å²) in [5.41, 5.74) is 3.87. The van der Waals surface area contributed by atoms with E-state index in [4.69, 9.17) is 9.97 Å². The molecule has 130 valence electrons. The van der Waals surface area contributed by atoms with E-state index in [1.807, 2.05) is 44.3 Å². The van der Waals surface area contributed by atoms with Crippen molar-refractivity contribution >= 4 is 27.4 Å². The highest BCUT2D eigenvalue weighted by Crippen LogP contribution is 2.27. The van der Waals surface area contributed by atoms with Crippen molar-refractivity contribution in [2.75, 3.05) is 11.9 Å². The molecule has 1 aromatic carbocycles. The molecule has 26 heavy (non-hydrogen) atoms. The molecule has 0 aliphatic carbocycles. The average Bonchev–Trinajstić information content (AvgIpc) is 3.06. The molecule has 4 aromatic rings. The van der Waals surface area contributed by atoms with Crippen molar-refractivity contribution in [1.29, 1.82) is 0 Å². The number of pyridine rings is 1. The monoisotopic (exact) mass is 361 g/mol. The number of benzene rings is 1. The molecule has 3 aromatic heterocycles. The Morgan fingerprint density at radius 1 is 0.962 bits per heavy atom. The highest BCUT2D eigenvalue weighted by molar-refractivity contribution is 7.18. The number of para-hydroxylation sites is 1. The summed E-state index contributed by atoms with van der Waals surface area (Å²) >= 11 is 1.72. The highest BCUT2D eigenvalue weighted by atomic mass is 32.1. The molecule has 0 aliphatic heterocycles. The molecule has 3 heterocycles. The fourth-order valence-electron chi connectivity index (χ4n) is 2.86. The van der Waals surface area contributed by atoms with Crippen molar-refractivity contribution < 1.29 is 0 Å². The zero-order valence-corrected chi connectivity index (χ0v) is 15.8. The van der Waals surface area contributed by atoms with E-state index >= 15 is 0 Å². The lowest BCUT2D eigenvalue weighted by Crippen LogP contribution is -2.20. The average molecular weight is 361 g/mol. The van der Waals surface area contributed by atoms with Crippen LogP contribution in [0.15, 0.2) is 48.7 Å². The molecule has 5 nitrogen and oxygen atoms in total. The second-order valence-corrected chi connectivity index (χ2v) is 7.34. The Hall–Kier alpha value is -2.86. The fraction of sp³-hybridized carbons (Fsp3) is 0.200. The molecular weight excluding hydrogens is 342 g/mol. The highest BCUT2D eigenvalue weighted by Gasteiger charge is 2.15. The standard InChI is InChI=1S/C20H19N5S/c1-13-14(2)22-19(16-9-6-7-11-21-16)24-20(13)25(3)12-18-23-15-8-4-5-10-17(15)26-18/h4-11H,12H2,1-3H3. The van der Waals surface area contributed by atoms with Crippen molar-refractivity contribution in [2.24, 2.45) is 0 Å². The Kier molecular flexibility index (Phi) is 4.34. The number of aromatic nitrogens is 4. The van der Waals surface area contributed by atoms with Crippen LogP contribution in [-0.2, 0) is 6.54 Å². The number of nitrogens with zero attached hydrogens (tertiary/aromatic N) is 5. The summed E-state index contributed by atoms with van der Waals surface area (Å²) in [6.45, 7) is 4.78. The molecule has 4 rings (SSSR count). The van der Waals surface area contributed by atoms with Crippen LogP contribution in [0.3, 0.4) is 0 Å². The topological polar surface area (TPSA) is 54.8 Å². The number of rotatable bonds is 4. The van der Waals surface area contributed by atoms with Crippen LogP contribution < -0.4 is 4.90 Å². The molecule has 0 fully saturated rings.